The normalized spacial score (nSPS) is 12.6. The van der Waals surface area contributed by atoms with Gasteiger partial charge >= 0.3 is 0 Å². The van der Waals surface area contributed by atoms with Gasteiger partial charge in [-0.25, -0.2) is 0 Å². The standard InChI is InChI=1S/C11H16O3S2/c1-3-9-4-5-11(15-9)10(12)8-16(13)7-6-14-2/h4-5H,3,6-8H2,1-2H3. The fourth-order valence-corrected chi connectivity index (χ4v) is 3.10. The van der Waals surface area contributed by atoms with Crippen molar-refractivity contribution in [2.24, 2.45) is 0 Å². The second-order valence-electron chi connectivity index (χ2n) is 3.32. The summed E-state index contributed by atoms with van der Waals surface area (Å²) in [6.45, 7) is 2.49. The molecule has 1 aromatic rings. The first kappa shape index (κ1) is 13.5. The summed E-state index contributed by atoms with van der Waals surface area (Å²) in [5, 5.41) is 0. The van der Waals surface area contributed by atoms with Crippen molar-refractivity contribution >= 4 is 27.9 Å². The zero-order chi connectivity index (χ0) is 12.0. The molecule has 1 atom stereocenters. The Morgan fingerprint density at radius 3 is 2.81 bits per heavy atom. The Kier molecular flexibility index (Phi) is 5.87. The van der Waals surface area contributed by atoms with Crippen molar-refractivity contribution in [1.29, 1.82) is 0 Å². The average Bonchev–Trinajstić information content (AvgIpc) is 2.74. The van der Waals surface area contributed by atoms with E-state index in [0.29, 0.717) is 17.2 Å². The SMILES string of the molecule is CCc1ccc(C(=O)CS(=O)CCOC)s1. The summed E-state index contributed by atoms with van der Waals surface area (Å²) in [4.78, 5) is 13.6. The Balaban J connectivity index is 2.48. The lowest BCUT2D eigenvalue weighted by Crippen LogP contribution is -2.14. The van der Waals surface area contributed by atoms with Gasteiger partial charge in [-0.3, -0.25) is 9.00 Å². The second-order valence-corrected chi connectivity index (χ2v) is 6.07. The molecule has 1 unspecified atom stereocenters. The molecular formula is C11H16O3S2. The van der Waals surface area contributed by atoms with E-state index in [4.69, 9.17) is 4.74 Å². The van der Waals surface area contributed by atoms with E-state index in [2.05, 4.69) is 6.92 Å². The smallest absolute Gasteiger partial charge is 0.185 e. The van der Waals surface area contributed by atoms with Crippen LogP contribution >= 0.6 is 11.3 Å². The van der Waals surface area contributed by atoms with Crippen LogP contribution in [0.5, 0.6) is 0 Å². The molecule has 0 aliphatic carbocycles. The highest BCUT2D eigenvalue weighted by Crippen LogP contribution is 2.17. The van der Waals surface area contributed by atoms with E-state index in [1.807, 2.05) is 12.1 Å². The van der Waals surface area contributed by atoms with E-state index in [1.54, 1.807) is 7.11 Å². The average molecular weight is 260 g/mol. The summed E-state index contributed by atoms with van der Waals surface area (Å²) in [6, 6.07) is 3.77. The van der Waals surface area contributed by atoms with Crippen LogP contribution in [0.1, 0.15) is 21.5 Å². The number of aryl methyl sites for hydroxylation is 1. The number of rotatable bonds is 7. The van der Waals surface area contributed by atoms with Crippen LogP contribution in [0.15, 0.2) is 12.1 Å². The molecule has 0 amide bonds. The van der Waals surface area contributed by atoms with Crippen molar-refractivity contribution in [1.82, 2.24) is 0 Å². The number of thiophene rings is 1. The Bertz CT molecular complexity index is 371. The highest BCUT2D eigenvalue weighted by Gasteiger charge is 2.12. The topological polar surface area (TPSA) is 43.4 Å². The van der Waals surface area contributed by atoms with Crippen LogP contribution in [0.2, 0.25) is 0 Å². The third kappa shape index (κ3) is 4.15. The summed E-state index contributed by atoms with van der Waals surface area (Å²) in [6.07, 6.45) is 0.935. The van der Waals surface area contributed by atoms with Crippen molar-refractivity contribution in [2.75, 3.05) is 25.2 Å². The largest absolute Gasteiger partial charge is 0.384 e. The van der Waals surface area contributed by atoms with Crippen molar-refractivity contribution in [2.45, 2.75) is 13.3 Å². The molecule has 0 radical (unpaired) electrons. The number of ether oxygens (including phenoxy) is 1. The predicted octanol–water partition coefficient (Wildman–Crippen LogP) is 1.89. The van der Waals surface area contributed by atoms with Crippen LogP contribution in [0.25, 0.3) is 0 Å². The van der Waals surface area contributed by atoms with Gasteiger partial charge in [0.2, 0.25) is 0 Å². The fourth-order valence-electron chi connectivity index (χ4n) is 1.18. The first-order valence-corrected chi connectivity index (χ1v) is 7.43. The van der Waals surface area contributed by atoms with Crippen LogP contribution in [-0.2, 0) is 22.0 Å². The number of Topliss-reactive ketones (excluding diaryl/α,β-unsaturated/α-hetero) is 1. The molecule has 0 N–H and O–H groups in total. The number of methoxy groups -OCH3 is 1. The van der Waals surface area contributed by atoms with Crippen LogP contribution in [0.3, 0.4) is 0 Å². The lowest BCUT2D eigenvalue weighted by atomic mass is 10.3. The lowest BCUT2D eigenvalue weighted by Gasteiger charge is -1.99. The van der Waals surface area contributed by atoms with E-state index in [1.165, 1.54) is 16.2 Å². The first-order valence-electron chi connectivity index (χ1n) is 5.13. The van der Waals surface area contributed by atoms with Gasteiger partial charge in [0.1, 0.15) is 0 Å². The molecule has 1 heterocycles. The van der Waals surface area contributed by atoms with Crippen LogP contribution < -0.4 is 0 Å². The number of carbonyl (C=O) groups excluding carboxylic acids is 1. The number of hydrogen-bond acceptors (Lipinski definition) is 4. The second kappa shape index (κ2) is 6.93. The van der Waals surface area contributed by atoms with Crippen molar-refractivity contribution < 1.29 is 13.7 Å². The lowest BCUT2D eigenvalue weighted by molar-refractivity contribution is 0.102. The molecule has 5 heteroatoms. The maximum absolute atomic E-state index is 11.7. The van der Waals surface area contributed by atoms with Gasteiger partial charge in [0, 0.05) is 28.5 Å². The molecular weight excluding hydrogens is 244 g/mol. The molecule has 0 fully saturated rings. The van der Waals surface area contributed by atoms with Gasteiger partial charge in [0.25, 0.3) is 0 Å². The minimum absolute atomic E-state index is 0.0286. The monoisotopic (exact) mass is 260 g/mol. The van der Waals surface area contributed by atoms with Gasteiger partial charge in [-0.2, -0.15) is 0 Å². The minimum atomic E-state index is -1.11. The van der Waals surface area contributed by atoms with Crippen molar-refractivity contribution in [3.8, 4) is 0 Å². The van der Waals surface area contributed by atoms with Gasteiger partial charge in [-0.1, -0.05) is 6.92 Å². The first-order chi connectivity index (χ1) is 7.67. The van der Waals surface area contributed by atoms with Gasteiger partial charge in [0.05, 0.1) is 17.2 Å². The zero-order valence-electron chi connectivity index (χ0n) is 9.52. The molecule has 90 valence electrons. The molecule has 0 aliphatic heterocycles. The van der Waals surface area contributed by atoms with E-state index < -0.39 is 10.8 Å². The third-order valence-corrected chi connectivity index (χ3v) is 4.57. The molecule has 1 rings (SSSR count). The number of ketones is 1. The Morgan fingerprint density at radius 2 is 2.25 bits per heavy atom. The molecule has 1 aromatic heterocycles. The quantitative estimate of drug-likeness (QED) is 0.703. The highest BCUT2D eigenvalue weighted by molar-refractivity contribution is 7.85. The maximum atomic E-state index is 11.7. The molecule has 0 spiro atoms. The third-order valence-electron chi connectivity index (χ3n) is 2.09. The predicted molar refractivity (Wildman–Crippen MR) is 67.8 cm³/mol. The zero-order valence-corrected chi connectivity index (χ0v) is 11.2. The summed E-state index contributed by atoms with van der Waals surface area (Å²) >= 11 is 1.49. The van der Waals surface area contributed by atoms with Gasteiger partial charge in [0.15, 0.2) is 5.78 Å². The van der Waals surface area contributed by atoms with E-state index in [9.17, 15) is 9.00 Å². The highest BCUT2D eigenvalue weighted by atomic mass is 32.2. The maximum Gasteiger partial charge on any atom is 0.185 e. The number of carbonyl (C=O) groups is 1. The van der Waals surface area contributed by atoms with E-state index in [0.717, 1.165) is 6.42 Å². The summed E-state index contributed by atoms with van der Waals surface area (Å²) in [7, 11) is 0.450. The van der Waals surface area contributed by atoms with E-state index >= 15 is 0 Å². The Hall–Kier alpha value is -0.520. The van der Waals surface area contributed by atoms with E-state index in [-0.39, 0.29) is 11.5 Å². The number of hydrogen-bond donors (Lipinski definition) is 0. The Morgan fingerprint density at radius 1 is 1.50 bits per heavy atom. The molecule has 0 saturated carbocycles. The van der Waals surface area contributed by atoms with Gasteiger partial charge in [-0.05, 0) is 18.6 Å². The minimum Gasteiger partial charge on any atom is -0.384 e. The van der Waals surface area contributed by atoms with Gasteiger partial charge < -0.3 is 4.74 Å². The molecule has 0 bridgehead atoms. The summed E-state index contributed by atoms with van der Waals surface area (Å²) in [5.74, 6) is 0.500. The van der Waals surface area contributed by atoms with Crippen molar-refractivity contribution in [3.05, 3.63) is 21.9 Å². The van der Waals surface area contributed by atoms with Crippen LogP contribution in [0.4, 0.5) is 0 Å². The fraction of sp³-hybridized carbons (Fsp3) is 0.545. The molecule has 0 saturated heterocycles. The molecule has 0 aromatic carbocycles. The molecule has 0 aliphatic rings. The van der Waals surface area contributed by atoms with Crippen molar-refractivity contribution in [3.63, 3.8) is 0 Å². The van der Waals surface area contributed by atoms with Crippen LogP contribution in [0, 0.1) is 0 Å². The summed E-state index contributed by atoms with van der Waals surface area (Å²) < 4.78 is 16.3. The van der Waals surface area contributed by atoms with Crippen LogP contribution in [-0.4, -0.2) is 35.2 Å². The Labute approximate surface area is 102 Å². The molecule has 3 nitrogen and oxygen atoms in total. The summed E-state index contributed by atoms with van der Waals surface area (Å²) in [5.41, 5.74) is 0. The molecule has 16 heavy (non-hydrogen) atoms. The van der Waals surface area contributed by atoms with Gasteiger partial charge in [-0.15, -0.1) is 11.3 Å².